The molecule has 0 unspecified atom stereocenters. The van der Waals surface area contributed by atoms with Crippen molar-refractivity contribution in [3.05, 3.63) is 89.3 Å². The van der Waals surface area contributed by atoms with Gasteiger partial charge in [-0.2, -0.15) is 15.0 Å². The van der Waals surface area contributed by atoms with Crippen LogP contribution in [0.15, 0.2) is 82.8 Å². The molecule has 0 aliphatic heterocycles. The minimum atomic E-state index is -3.78. The summed E-state index contributed by atoms with van der Waals surface area (Å²) in [4.78, 5) is 21.3. The van der Waals surface area contributed by atoms with Crippen LogP contribution >= 0.6 is 11.6 Å². The highest BCUT2D eigenvalue weighted by Gasteiger charge is 2.26. The Labute approximate surface area is 385 Å². The topological polar surface area (TPSA) is 226 Å². The summed E-state index contributed by atoms with van der Waals surface area (Å²) in [6.45, 7) is 3.80. The first-order chi connectivity index (χ1) is 28.8. The molecular weight excluding hydrogens is 872 g/mol. The van der Waals surface area contributed by atoms with Crippen LogP contribution in [-0.2, 0) is 20.0 Å². The minimum Gasteiger partial charge on any atom is -0.368 e. The number of nitrogens with two attached hydrogens (primary N) is 3. The van der Waals surface area contributed by atoms with Crippen LogP contribution < -0.4 is 22.5 Å². The Kier molecular flexibility index (Phi) is 18.7. The van der Waals surface area contributed by atoms with Crippen molar-refractivity contribution in [2.24, 2.45) is 5.73 Å². The van der Waals surface area contributed by atoms with Gasteiger partial charge in [0.1, 0.15) is 11.0 Å². The third-order valence-electron chi connectivity index (χ3n) is 11.4. The van der Waals surface area contributed by atoms with Gasteiger partial charge in [0.15, 0.2) is 11.3 Å². The van der Waals surface area contributed by atoms with Gasteiger partial charge in [0.05, 0.1) is 20.6 Å². The van der Waals surface area contributed by atoms with Gasteiger partial charge in [-0.1, -0.05) is 69.3 Å². The van der Waals surface area contributed by atoms with Gasteiger partial charge < -0.3 is 32.3 Å². The van der Waals surface area contributed by atoms with Crippen molar-refractivity contribution < 1.29 is 16.8 Å². The molecule has 0 atom stereocenters. The summed E-state index contributed by atoms with van der Waals surface area (Å²) in [5, 5.41) is 4.68. The standard InChI is InChI=1S/C21H28N6O2S.C13H11ClN4O2S.C8H18N2.3CH4/c1-14-4-10-17(11-5-14)30(28,29)27-13-12-18-19(24-21(22)25-20(18)27)23-15-6-8-16(9-7-15)26(2)3;1-8-2-4-9(5-3-8)21(19,20)18-7-6-10-11(14)16-13(15)17-12(10)18;1-10(2)8-5-3-7(9)4-6-8;;;/h4-5,10-13,15-16H,6-9H2,1-3H3,(H3,22,23,24,25);2-7H,1H3,(H2,15,16,17);7-8H,3-6,9H2,1-2H3;3*1H4. The molecule has 8 rings (SSSR count). The number of hydrogen-bond acceptors (Lipinski definition) is 14. The number of nitrogens with zero attached hydrogens (tertiary/aromatic N) is 8. The number of benzene rings is 2. The van der Waals surface area contributed by atoms with Crippen molar-refractivity contribution in [3.63, 3.8) is 0 Å². The Bertz CT molecular complexity index is 2650. The molecule has 0 bridgehead atoms. The van der Waals surface area contributed by atoms with E-state index in [1.807, 2.05) is 13.8 Å². The van der Waals surface area contributed by atoms with Crippen molar-refractivity contribution in [1.82, 2.24) is 37.7 Å². The number of anilines is 3. The number of aromatic nitrogens is 6. The molecule has 0 spiro atoms. The molecule has 4 aromatic heterocycles. The van der Waals surface area contributed by atoms with Crippen LogP contribution in [0.5, 0.6) is 0 Å². The van der Waals surface area contributed by atoms with Crippen molar-refractivity contribution >= 4 is 71.4 Å². The molecule has 7 N–H and O–H groups in total. The monoisotopic (exact) mass is 940 g/mol. The molecule has 0 saturated heterocycles. The van der Waals surface area contributed by atoms with E-state index >= 15 is 0 Å². The van der Waals surface area contributed by atoms with Crippen LogP contribution in [0.1, 0.15) is 84.8 Å². The van der Waals surface area contributed by atoms with Crippen molar-refractivity contribution in [3.8, 4) is 0 Å². The van der Waals surface area contributed by atoms with E-state index in [1.165, 1.54) is 42.0 Å². The number of aryl methyl sites for hydroxylation is 2. The van der Waals surface area contributed by atoms with Crippen LogP contribution in [0.2, 0.25) is 5.15 Å². The van der Waals surface area contributed by atoms with E-state index in [-0.39, 0.29) is 66.5 Å². The number of halogens is 1. The summed E-state index contributed by atoms with van der Waals surface area (Å²) in [5.74, 6) is 0.557. The maximum atomic E-state index is 13.2. The smallest absolute Gasteiger partial charge is 0.269 e. The molecule has 16 nitrogen and oxygen atoms in total. The van der Waals surface area contributed by atoms with Gasteiger partial charge >= 0.3 is 0 Å². The summed E-state index contributed by atoms with van der Waals surface area (Å²) in [6, 6.07) is 18.7. The van der Waals surface area contributed by atoms with E-state index in [9.17, 15) is 16.8 Å². The minimum absolute atomic E-state index is 0. The van der Waals surface area contributed by atoms with Crippen molar-refractivity contribution in [2.75, 3.05) is 45.0 Å². The fourth-order valence-electron chi connectivity index (χ4n) is 7.67. The Morgan fingerprint density at radius 2 is 0.984 bits per heavy atom. The second-order valence-electron chi connectivity index (χ2n) is 16.3. The maximum absolute atomic E-state index is 13.2. The first-order valence-corrected chi connectivity index (χ1v) is 23.5. The summed E-state index contributed by atoms with van der Waals surface area (Å²) >= 11 is 5.95. The molecule has 6 aromatic rings. The number of nitrogen functional groups attached to an aromatic ring is 2. The number of hydrogen-bond donors (Lipinski definition) is 4. The van der Waals surface area contributed by atoms with Crippen LogP contribution in [0.25, 0.3) is 22.1 Å². The fraction of sp³-hybridized carbons (Fsp3) is 0.467. The zero-order chi connectivity index (χ0) is 44.2. The molecule has 2 aliphatic rings. The molecule has 4 heterocycles. The van der Waals surface area contributed by atoms with E-state index in [1.54, 1.807) is 60.7 Å². The second-order valence-corrected chi connectivity index (χ2v) is 20.3. The molecule has 2 saturated carbocycles. The average Bonchev–Trinajstić information content (AvgIpc) is 3.85. The largest absolute Gasteiger partial charge is 0.368 e. The molecule has 2 aliphatic carbocycles. The number of fused-ring (bicyclic) bond motifs is 2. The molecular formula is C45H69ClN12O4S2. The third kappa shape index (κ3) is 12.3. The highest BCUT2D eigenvalue weighted by atomic mass is 35.5. The van der Waals surface area contributed by atoms with Crippen LogP contribution in [0.4, 0.5) is 17.7 Å². The van der Waals surface area contributed by atoms with Gasteiger partial charge in [-0.3, -0.25) is 0 Å². The van der Waals surface area contributed by atoms with Gasteiger partial charge in [-0.15, -0.1) is 0 Å². The zero-order valence-corrected chi connectivity index (χ0v) is 37.9. The molecule has 0 amide bonds. The lowest BCUT2D eigenvalue weighted by Gasteiger charge is -2.33. The molecule has 2 aromatic carbocycles. The predicted molar refractivity (Wildman–Crippen MR) is 264 cm³/mol. The average molecular weight is 942 g/mol. The molecule has 2 fully saturated rings. The second kappa shape index (κ2) is 22.4. The third-order valence-corrected chi connectivity index (χ3v) is 15.1. The van der Waals surface area contributed by atoms with E-state index in [2.05, 4.69) is 63.2 Å². The quantitative estimate of drug-likeness (QED) is 0.107. The van der Waals surface area contributed by atoms with Crippen LogP contribution in [-0.4, -0.2) is 107 Å². The lowest BCUT2D eigenvalue weighted by Crippen LogP contribution is -2.36. The van der Waals surface area contributed by atoms with Crippen molar-refractivity contribution in [2.45, 2.75) is 121 Å². The SMILES string of the molecule is C.C.C.CN(C)C1CCC(N)CC1.Cc1ccc(S(=O)(=O)n2ccc3c(Cl)nc(N)nc32)cc1.Cc1ccc(S(=O)(=O)n2ccc3c(NC4CCC(N(C)C)CC4)nc(N)nc32)cc1. The first kappa shape index (κ1) is 53.5. The van der Waals surface area contributed by atoms with E-state index in [0.29, 0.717) is 28.7 Å². The maximum Gasteiger partial charge on any atom is 0.269 e. The highest BCUT2D eigenvalue weighted by Crippen LogP contribution is 2.30. The first-order valence-electron chi connectivity index (χ1n) is 20.3. The molecule has 19 heteroatoms. The lowest BCUT2D eigenvalue weighted by atomic mass is 9.90. The fourth-order valence-corrected chi connectivity index (χ4v) is 10.5. The number of nitrogens with one attached hydrogen (secondary N) is 1. The van der Waals surface area contributed by atoms with E-state index < -0.39 is 20.0 Å². The summed E-state index contributed by atoms with van der Waals surface area (Å²) < 4.78 is 53.9. The lowest BCUT2D eigenvalue weighted by molar-refractivity contribution is 0.217. The van der Waals surface area contributed by atoms with Crippen LogP contribution in [0, 0.1) is 13.8 Å². The molecule has 352 valence electrons. The predicted octanol–water partition coefficient (Wildman–Crippen LogP) is 7.78. The van der Waals surface area contributed by atoms with Gasteiger partial charge in [-0.05, 0) is 130 Å². The Balaban J connectivity index is 0.000000279. The molecule has 64 heavy (non-hydrogen) atoms. The summed E-state index contributed by atoms with van der Waals surface area (Å²) in [6.07, 6.45) is 12.2. The summed E-state index contributed by atoms with van der Waals surface area (Å²) in [7, 11) is 0.994. The van der Waals surface area contributed by atoms with Gasteiger partial charge in [-0.25, -0.2) is 29.8 Å². The van der Waals surface area contributed by atoms with Gasteiger partial charge in [0, 0.05) is 36.6 Å². The van der Waals surface area contributed by atoms with Gasteiger partial charge in [0.25, 0.3) is 20.0 Å². The summed E-state index contributed by atoms with van der Waals surface area (Å²) in [5.41, 5.74) is 19.7. The Morgan fingerprint density at radius 1 is 0.594 bits per heavy atom. The number of rotatable bonds is 8. The Hall–Kier alpha value is -4.85. The highest BCUT2D eigenvalue weighted by molar-refractivity contribution is 7.90. The normalized spacial score (nSPS) is 18.7. The van der Waals surface area contributed by atoms with E-state index in [0.717, 1.165) is 46.8 Å². The van der Waals surface area contributed by atoms with Crippen molar-refractivity contribution in [1.29, 1.82) is 0 Å². The Morgan fingerprint density at radius 3 is 1.42 bits per heavy atom. The zero-order valence-electron chi connectivity index (χ0n) is 35.5. The van der Waals surface area contributed by atoms with E-state index in [4.69, 9.17) is 28.8 Å². The van der Waals surface area contributed by atoms with Gasteiger partial charge in [0.2, 0.25) is 11.9 Å². The van der Waals surface area contributed by atoms with Crippen LogP contribution in [0.3, 0.4) is 0 Å². The molecule has 0 radical (unpaired) electrons.